The highest BCUT2D eigenvalue weighted by molar-refractivity contribution is 8.00. The molecule has 0 amide bonds. The molecule has 16 heavy (non-hydrogen) atoms. The van der Waals surface area contributed by atoms with E-state index >= 15 is 0 Å². The highest BCUT2D eigenvalue weighted by Crippen LogP contribution is 2.38. The van der Waals surface area contributed by atoms with Gasteiger partial charge in [-0.25, -0.2) is 0 Å². The number of hydrogen-bond donors (Lipinski definition) is 1. The van der Waals surface area contributed by atoms with E-state index in [1.54, 1.807) is 0 Å². The minimum atomic E-state index is 0.260. The van der Waals surface area contributed by atoms with Crippen LogP contribution in [0.5, 0.6) is 0 Å². The first kappa shape index (κ1) is 10.6. The third-order valence-corrected chi connectivity index (χ3v) is 4.62. The molecule has 2 saturated heterocycles. The van der Waals surface area contributed by atoms with E-state index < -0.39 is 0 Å². The van der Waals surface area contributed by atoms with Gasteiger partial charge in [0.25, 0.3) is 0 Å². The maximum atomic E-state index is 5.85. The largest absolute Gasteiger partial charge is 0.371 e. The summed E-state index contributed by atoms with van der Waals surface area (Å²) in [7, 11) is 0. The first-order valence-corrected chi connectivity index (χ1v) is 7.09. The molecule has 1 aromatic rings. The average Bonchev–Trinajstić information content (AvgIpc) is 2.29. The first-order chi connectivity index (χ1) is 7.95. The van der Waals surface area contributed by atoms with Gasteiger partial charge in [0.2, 0.25) is 0 Å². The van der Waals surface area contributed by atoms with Crippen LogP contribution in [0.15, 0.2) is 24.3 Å². The molecule has 2 aliphatic rings. The van der Waals surface area contributed by atoms with E-state index in [1.165, 1.54) is 22.6 Å². The summed E-state index contributed by atoms with van der Waals surface area (Å²) in [5.41, 5.74) is 2.91. The Kier molecular flexibility index (Phi) is 3.18. The fourth-order valence-corrected chi connectivity index (χ4v) is 3.19. The number of thioether (sulfide) groups is 1. The van der Waals surface area contributed by atoms with Crippen molar-refractivity contribution in [1.82, 2.24) is 5.32 Å². The van der Waals surface area contributed by atoms with Crippen molar-refractivity contribution in [2.24, 2.45) is 0 Å². The summed E-state index contributed by atoms with van der Waals surface area (Å²) in [6.45, 7) is 2.77. The van der Waals surface area contributed by atoms with Gasteiger partial charge in [0, 0.05) is 30.5 Å². The Hall–Kier alpha value is -0.510. The average molecular weight is 235 g/mol. The molecule has 0 radical (unpaired) electrons. The van der Waals surface area contributed by atoms with Gasteiger partial charge in [0.1, 0.15) is 0 Å². The minimum absolute atomic E-state index is 0.260. The quantitative estimate of drug-likeness (QED) is 0.849. The zero-order valence-electron chi connectivity index (χ0n) is 9.32. The van der Waals surface area contributed by atoms with Crippen LogP contribution in [-0.2, 0) is 4.74 Å². The lowest BCUT2D eigenvalue weighted by molar-refractivity contribution is 0.0270. The second-order valence-corrected chi connectivity index (χ2v) is 5.50. The van der Waals surface area contributed by atoms with Crippen LogP contribution in [0.4, 0.5) is 0 Å². The second kappa shape index (κ2) is 4.78. The molecule has 0 aromatic heterocycles. The van der Waals surface area contributed by atoms with Crippen molar-refractivity contribution in [3.8, 4) is 0 Å². The number of hydrogen-bond acceptors (Lipinski definition) is 3. The molecule has 86 valence electrons. The van der Waals surface area contributed by atoms with Gasteiger partial charge >= 0.3 is 0 Å². The number of rotatable bonds is 2. The van der Waals surface area contributed by atoms with Gasteiger partial charge in [-0.3, -0.25) is 0 Å². The van der Waals surface area contributed by atoms with Crippen molar-refractivity contribution >= 4 is 11.8 Å². The lowest BCUT2D eigenvalue weighted by Crippen LogP contribution is -2.34. The van der Waals surface area contributed by atoms with Gasteiger partial charge in [0.05, 0.1) is 12.7 Å². The van der Waals surface area contributed by atoms with Crippen molar-refractivity contribution in [3.63, 3.8) is 0 Å². The van der Waals surface area contributed by atoms with Crippen LogP contribution < -0.4 is 5.32 Å². The summed E-state index contributed by atoms with van der Waals surface area (Å²) < 4.78 is 5.85. The molecule has 0 aliphatic carbocycles. The maximum absolute atomic E-state index is 5.85. The molecule has 1 unspecified atom stereocenters. The molecular formula is C13H17NOS. The molecule has 1 aromatic carbocycles. The van der Waals surface area contributed by atoms with Crippen molar-refractivity contribution in [2.45, 2.75) is 12.0 Å². The monoisotopic (exact) mass is 235 g/mol. The molecule has 2 aliphatic heterocycles. The highest BCUT2D eigenvalue weighted by Gasteiger charge is 2.26. The SMILES string of the molecule is c1ccc(C2CNCCO2)c(C2CSC2)c1. The first-order valence-electron chi connectivity index (χ1n) is 5.94. The third-order valence-electron chi connectivity index (χ3n) is 3.35. The lowest BCUT2D eigenvalue weighted by Gasteiger charge is -2.31. The molecule has 0 bridgehead atoms. The summed E-state index contributed by atoms with van der Waals surface area (Å²) in [6.07, 6.45) is 0.260. The fourth-order valence-electron chi connectivity index (χ4n) is 2.36. The Morgan fingerprint density at radius 1 is 1.19 bits per heavy atom. The van der Waals surface area contributed by atoms with Crippen molar-refractivity contribution in [3.05, 3.63) is 35.4 Å². The number of nitrogens with one attached hydrogen (secondary N) is 1. The normalized spacial score (nSPS) is 26.4. The standard InChI is InChI=1S/C13H17NOS/c1-2-4-12(13-7-14-5-6-15-13)11(3-1)10-8-16-9-10/h1-4,10,13-14H,5-9H2. The highest BCUT2D eigenvalue weighted by atomic mass is 32.2. The fraction of sp³-hybridized carbons (Fsp3) is 0.538. The van der Waals surface area contributed by atoms with Crippen LogP contribution in [0.2, 0.25) is 0 Å². The van der Waals surface area contributed by atoms with Gasteiger partial charge < -0.3 is 10.1 Å². The Balaban J connectivity index is 1.86. The molecule has 3 rings (SSSR count). The summed E-state index contributed by atoms with van der Waals surface area (Å²) in [6, 6.07) is 8.79. The smallest absolute Gasteiger partial charge is 0.0952 e. The molecule has 2 nitrogen and oxygen atoms in total. The van der Waals surface area contributed by atoms with Gasteiger partial charge in [-0.2, -0.15) is 11.8 Å². The molecular weight excluding hydrogens is 218 g/mol. The zero-order chi connectivity index (χ0) is 10.8. The molecule has 0 spiro atoms. The molecule has 2 fully saturated rings. The van der Waals surface area contributed by atoms with Crippen LogP contribution in [-0.4, -0.2) is 31.2 Å². The Morgan fingerprint density at radius 3 is 2.62 bits per heavy atom. The number of morpholine rings is 1. The maximum Gasteiger partial charge on any atom is 0.0952 e. The Bertz CT molecular complexity index is 359. The van der Waals surface area contributed by atoms with E-state index in [2.05, 4.69) is 29.6 Å². The molecule has 3 heteroatoms. The Morgan fingerprint density at radius 2 is 2.00 bits per heavy atom. The van der Waals surface area contributed by atoms with Crippen molar-refractivity contribution < 1.29 is 4.74 Å². The number of ether oxygens (including phenoxy) is 1. The van der Waals surface area contributed by atoms with Gasteiger partial charge in [-0.05, 0) is 11.1 Å². The summed E-state index contributed by atoms with van der Waals surface area (Å²) in [5.74, 6) is 3.31. The van der Waals surface area contributed by atoms with E-state index in [9.17, 15) is 0 Å². The van der Waals surface area contributed by atoms with Gasteiger partial charge in [-0.1, -0.05) is 24.3 Å². The summed E-state index contributed by atoms with van der Waals surface area (Å²) >= 11 is 2.04. The predicted octanol–water partition coefficient (Wildman–Crippen LogP) is 2.18. The summed E-state index contributed by atoms with van der Waals surface area (Å²) in [5, 5.41) is 3.41. The van der Waals surface area contributed by atoms with Crippen LogP contribution >= 0.6 is 11.8 Å². The van der Waals surface area contributed by atoms with Crippen LogP contribution in [0.25, 0.3) is 0 Å². The van der Waals surface area contributed by atoms with Gasteiger partial charge in [-0.15, -0.1) is 0 Å². The van der Waals surface area contributed by atoms with E-state index in [4.69, 9.17) is 4.74 Å². The molecule has 0 saturated carbocycles. The molecule has 2 heterocycles. The predicted molar refractivity (Wildman–Crippen MR) is 68.1 cm³/mol. The third kappa shape index (κ3) is 1.99. The van der Waals surface area contributed by atoms with E-state index in [0.717, 1.165) is 25.6 Å². The minimum Gasteiger partial charge on any atom is -0.371 e. The van der Waals surface area contributed by atoms with E-state index in [-0.39, 0.29) is 6.10 Å². The number of benzene rings is 1. The van der Waals surface area contributed by atoms with Crippen molar-refractivity contribution in [1.29, 1.82) is 0 Å². The second-order valence-electron chi connectivity index (χ2n) is 4.43. The molecule has 1 N–H and O–H groups in total. The van der Waals surface area contributed by atoms with Gasteiger partial charge in [0.15, 0.2) is 0 Å². The Labute approximate surface area is 101 Å². The van der Waals surface area contributed by atoms with Crippen LogP contribution in [0, 0.1) is 0 Å². The lowest BCUT2D eigenvalue weighted by atomic mass is 9.93. The summed E-state index contributed by atoms with van der Waals surface area (Å²) in [4.78, 5) is 0. The van der Waals surface area contributed by atoms with Crippen LogP contribution in [0.3, 0.4) is 0 Å². The van der Waals surface area contributed by atoms with Crippen molar-refractivity contribution in [2.75, 3.05) is 31.2 Å². The zero-order valence-corrected chi connectivity index (χ0v) is 10.1. The topological polar surface area (TPSA) is 21.3 Å². The van der Waals surface area contributed by atoms with E-state index in [1.807, 2.05) is 11.8 Å². The van der Waals surface area contributed by atoms with Crippen LogP contribution in [0.1, 0.15) is 23.1 Å². The van der Waals surface area contributed by atoms with E-state index in [0.29, 0.717) is 0 Å². The molecule has 1 atom stereocenters.